The van der Waals surface area contributed by atoms with Crippen molar-refractivity contribution in [1.82, 2.24) is 4.98 Å². The molecule has 3 N–H and O–H groups in total. The minimum absolute atomic E-state index is 0.316. The van der Waals surface area contributed by atoms with Crippen molar-refractivity contribution in [3.05, 3.63) is 5.69 Å². The Morgan fingerprint density at radius 2 is 2.20 bits per heavy atom. The van der Waals surface area contributed by atoms with Gasteiger partial charge in [0.1, 0.15) is 0 Å². The molecular weight excluding hydrogens is 249 g/mol. The number of nitrogen functional groups attached to an aromatic ring is 1. The molecule has 0 bridgehead atoms. The highest BCUT2D eigenvalue weighted by Gasteiger charge is 2.38. The predicted molar refractivity (Wildman–Crippen MR) is 54.0 cm³/mol. The van der Waals surface area contributed by atoms with E-state index in [1.165, 1.54) is 0 Å². The standard InChI is InChI=1S/C7H9F3N2OS2/c1-3-5(15-6(11)12-3)14-2-4(13)7(8,9)10/h4,13H,2H2,1H3,(H2,11,12). The van der Waals surface area contributed by atoms with Crippen LogP contribution < -0.4 is 5.73 Å². The van der Waals surface area contributed by atoms with E-state index in [1.807, 2.05) is 0 Å². The Labute approximate surface area is 92.5 Å². The van der Waals surface area contributed by atoms with Gasteiger partial charge in [-0.05, 0) is 6.92 Å². The summed E-state index contributed by atoms with van der Waals surface area (Å²) in [6.07, 6.45) is -6.89. The Kier molecular flexibility index (Phi) is 3.85. The molecule has 0 amide bonds. The van der Waals surface area contributed by atoms with Crippen molar-refractivity contribution in [2.45, 2.75) is 23.4 Å². The Morgan fingerprint density at radius 1 is 1.60 bits per heavy atom. The van der Waals surface area contributed by atoms with Crippen molar-refractivity contribution in [2.24, 2.45) is 0 Å². The van der Waals surface area contributed by atoms with E-state index >= 15 is 0 Å². The number of aliphatic hydroxyl groups excluding tert-OH is 1. The molecule has 0 radical (unpaired) electrons. The minimum atomic E-state index is -4.57. The molecule has 0 aromatic carbocycles. The molecule has 1 aromatic heterocycles. The van der Waals surface area contributed by atoms with Crippen LogP contribution in [0.25, 0.3) is 0 Å². The van der Waals surface area contributed by atoms with Crippen molar-refractivity contribution in [3.63, 3.8) is 0 Å². The van der Waals surface area contributed by atoms with Gasteiger partial charge < -0.3 is 10.8 Å². The van der Waals surface area contributed by atoms with Gasteiger partial charge in [0.05, 0.1) is 9.90 Å². The van der Waals surface area contributed by atoms with Gasteiger partial charge in [-0.25, -0.2) is 4.98 Å². The number of hydrogen-bond donors (Lipinski definition) is 2. The SMILES string of the molecule is Cc1nc(N)sc1SCC(O)C(F)(F)F. The van der Waals surface area contributed by atoms with Crippen LogP contribution in [0.4, 0.5) is 18.3 Å². The molecule has 0 aliphatic rings. The summed E-state index contributed by atoms with van der Waals surface area (Å²) in [7, 11) is 0. The van der Waals surface area contributed by atoms with Gasteiger partial charge in [0.2, 0.25) is 0 Å². The van der Waals surface area contributed by atoms with Gasteiger partial charge >= 0.3 is 6.18 Å². The molecule has 0 aliphatic heterocycles. The lowest BCUT2D eigenvalue weighted by Crippen LogP contribution is -2.30. The van der Waals surface area contributed by atoms with Crippen LogP contribution in [-0.2, 0) is 0 Å². The third kappa shape index (κ3) is 3.54. The highest BCUT2D eigenvalue weighted by molar-refractivity contribution is 8.01. The number of rotatable bonds is 3. The normalized spacial score (nSPS) is 14.2. The maximum Gasteiger partial charge on any atom is 0.415 e. The highest BCUT2D eigenvalue weighted by atomic mass is 32.2. The number of alkyl halides is 3. The summed E-state index contributed by atoms with van der Waals surface area (Å²) in [4.78, 5) is 3.86. The molecule has 15 heavy (non-hydrogen) atoms. The number of thioether (sulfide) groups is 1. The monoisotopic (exact) mass is 258 g/mol. The number of nitrogens with two attached hydrogens (primary N) is 1. The average molecular weight is 258 g/mol. The van der Waals surface area contributed by atoms with Crippen LogP contribution in [0.3, 0.4) is 0 Å². The molecule has 1 atom stereocenters. The fourth-order valence-electron chi connectivity index (χ4n) is 0.786. The summed E-state index contributed by atoms with van der Waals surface area (Å²) in [6, 6.07) is 0. The van der Waals surface area contributed by atoms with E-state index in [1.54, 1.807) is 6.92 Å². The maximum atomic E-state index is 12.0. The van der Waals surface area contributed by atoms with Gasteiger partial charge in [-0.1, -0.05) is 11.3 Å². The molecule has 3 nitrogen and oxygen atoms in total. The van der Waals surface area contributed by atoms with Crippen molar-refractivity contribution in [3.8, 4) is 0 Å². The van der Waals surface area contributed by atoms with Gasteiger partial charge in [0, 0.05) is 5.75 Å². The van der Waals surface area contributed by atoms with Crippen LogP contribution in [-0.4, -0.2) is 28.1 Å². The van der Waals surface area contributed by atoms with Crippen molar-refractivity contribution in [2.75, 3.05) is 11.5 Å². The Hall–Kier alpha value is -0.470. The molecule has 8 heteroatoms. The fourth-order valence-corrected chi connectivity index (χ4v) is 2.80. The first-order valence-corrected chi connectivity index (χ1v) is 5.71. The van der Waals surface area contributed by atoms with E-state index in [9.17, 15) is 13.2 Å². The lowest BCUT2D eigenvalue weighted by molar-refractivity contribution is -0.195. The lowest BCUT2D eigenvalue weighted by Gasteiger charge is -2.13. The third-order valence-corrected chi connectivity index (χ3v) is 3.95. The topological polar surface area (TPSA) is 59.1 Å². The number of anilines is 1. The van der Waals surface area contributed by atoms with Gasteiger partial charge in [-0.15, -0.1) is 11.8 Å². The smallest absolute Gasteiger partial charge is 0.383 e. The molecule has 1 unspecified atom stereocenters. The molecule has 0 saturated carbocycles. The zero-order chi connectivity index (χ0) is 11.6. The summed E-state index contributed by atoms with van der Waals surface area (Å²) < 4.78 is 36.5. The van der Waals surface area contributed by atoms with Crippen molar-refractivity contribution < 1.29 is 18.3 Å². The lowest BCUT2D eigenvalue weighted by atomic mass is 10.4. The Balaban J connectivity index is 2.54. The first kappa shape index (κ1) is 12.6. The average Bonchev–Trinajstić information content (AvgIpc) is 2.39. The van der Waals surface area contributed by atoms with Crippen LogP contribution >= 0.6 is 23.1 Å². The second-order valence-electron chi connectivity index (χ2n) is 2.79. The van der Waals surface area contributed by atoms with Crippen molar-refractivity contribution >= 4 is 28.2 Å². The number of hydrogen-bond acceptors (Lipinski definition) is 5. The Morgan fingerprint density at radius 3 is 2.60 bits per heavy atom. The quantitative estimate of drug-likeness (QED) is 0.815. The van der Waals surface area contributed by atoms with E-state index in [4.69, 9.17) is 10.8 Å². The first-order valence-electron chi connectivity index (χ1n) is 3.91. The van der Waals surface area contributed by atoms with Crippen molar-refractivity contribution in [1.29, 1.82) is 0 Å². The maximum absolute atomic E-state index is 12.0. The zero-order valence-electron chi connectivity index (χ0n) is 7.71. The first-order chi connectivity index (χ1) is 6.80. The van der Waals surface area contributed by atoms with E-state index in [2.05, 4.69) is 4.98 Å². The Bertz CT molecular complexity index is 339. The number of aliphatic hydroxyl groups is 1. The van der Waals surface area contributed by atoms with Gasteiger partial charge in [-0.3, -0.25) is 0 Å². The van der Waals surface area contributed by atoms with Gasteiger partial charge in [0.15, 0.2) is 11.2 Å². The molecule has 86 valence electrons. The van der Waals surface area contributed by atoms with Crippen LogP contribution in [0.1, 0.15) is 5.69 Å². The number of nitrogens with zero attached hydrogens (tertiary/aromatic N) is 1. The summed E-state index contributed by atoms with van der Waals surface area (Å²) in [6.45, 7) is 1.66. The second-order valence-corrected chi connectivity index (χ2v) is 5.11. The molecule has 0 saturated heterocycles. The minimum Gasteiger partial charge on any atom is -0.383 e. The number of halogens is 3. The largest absolute Gasteiger partial charge is 0.415 e. The van der Waals surface area contributed by atoms with Crippen LogP contribution in [0.5, 0.6) is 0 Å². The summed E-state index contributed by atoms with van der Waals surface area (Å²) in [5, 5.41) is 9.07. The molecule has 0 aliphatic carbocycles. The van der Waals surface area contributed by atoms with E-state index in [0.717, 1.165) is 23.1 Å². The molecular formula is C7H9F3N2OS2. The number of thiazole rings is 1. The third-order valence-electron chi connectivity index (χ3n) is 1.52. The summed E-state index contributed by atoms with van der Waals surface area (Å²) in [5.41, 5.74) is 5.98. The van der Waals surface area contributed by atoms with Crippen LogP contribution in [0.2, 0.25) is 0 Å². The highest BCUT2D eigenvalue weighted by Crippen LogP contribution is 2.33. The molecule has 1 rings (SSSR count). The van der Waals surface area contributed by atoms with Gasteiger partial charge in [0.25, 0.3) is 0 Å². The molecule has 0 spiro atoms. The van der Waals surface area contributed by atoms with E-state index in [-0.39, 0.29) is 0 Å². The van der Waals surface area contributed by atoms with E-state index < -0.39 is 18.0 Å². The molecule has 1 heterocycles. The molecule has 1 aromatic rings. The summed E-state index contributed by atoms with van der Waals surface area (Å²) >= 11 is 2.03. The number of aryl methyl sites for hydroxylation is 1. The molecule has 0 fully saturated rings. The van der Waals surface area contributed by atoms with Crippen LogP contribution in [0.15, 0.2) is 4.21 Å². The second kappa shape index (κ2) is 4.58. The zero-order valence-corrected chi connectivity index (χ0v) is 9.34. The van der Waals surface area contributed by atoms with Crippen LogP contribution in [0, 0.1) is 6.92 Å². The summed E-state index contributed by atoms with van der Waals surface area (Å²) in [5.74, 6) is -0.439. The number of aromatic nitrogens is 1. The predicted octanol–water partition coefficient (Wildman–Crippen LogP) is 2.05. The van der Waals surface area contributed by atoms with E-state index in [0.29, 0.717) is 15.0 Å². The fraction of sp³-hybridized carbons (Fsp3) is 0.571. The van der Waals surface area contributed by atoms with Gasteiger partial charge in [-0.2, -0.15) is 13.2 Å².